The Bertz CT molecular complexity index is 625. The van der Waals surface area contributed by atoms with Crippen molar-refractivity contribution in [2.24, 2.45) is 5.41 Å². The van der Waals surface area contributed by atoms with E-state index in [0.717, 1.165) is 68.5 Å². The smallest absolute Gasteiger partial charge is 0.417 e. The first-order chi connectivity index (χ1) is 11.8. The van der Waals surface area contributed by atoms with Gasteiger partial charge in [0.15, 0.2) is 0 Å². The lowest BCUT2D eigenvalue weighted by molar-refractivity contribution is -0.137. The van der Waals surface area contributed by atoms with Crippen LogP contribution in [0.25, 0.3) is 0 Å². The molecule has 1 saturated carbocycles. The number of aromatic nitrogens is 1. The van der Waals surface area contributed by atoms with Gasteiger partial charge in [0.1, 0.15) is 11.5 Å². The van der Waals surface area contributed by atoms with Gasteiger partial charge in [-0.3, -0.25) is 9.88 Å². The third kappa shape index (κ3) is 3.55. The number of rotatable bonds is 2. The van der Waals surface area contributed by atoms with Gasteiger partial charge in [-0.25, -0.2) is 0 Å². The van der Waals surface area contributed by atoms with Crippen molar-refractivity contribution in [1.29, 1.82) is 0 Å². The molecule has 4 rings (SSSR count). The summed E-state index contributed by atoms with van der Waals surface area (Å²) in [5, 5.41) is 0. The second-order valence-corrected chi connectivity index (χ2v) is 9.42. The van der Waals surface area contributed by atoms with Crippen LogP contribution in [0.3, 0.4) is 0 Å². The van der Waals surface area contributed by atoms with E-state index in [2.05, 4.69) is 9.88 Å². The van der Waals surface area contributed by atoms with E-state index >= 15 is 0 Å². The fourth-order valence-electron chi connectivity index (χ4n) is 4.77. The fraction of sp³-hybridized carbons (Fsp3) is 0.722. The van der Waals surface area contributed by atoms with Gasteiger partial charge in [0.25, 0.3) is 0 Å². The minimum Gasteiger partial charge on any atom is -0.616 e. The average Bonchev–Trinajstić information content (AvgIpc) is 2.99. The molecule has 3 aliphatic rings. The predicted octanol–water partition coefficient (Wildman–Crippen LogP) is 3.58. The van der Waals surface area contributed by atoms with Crippen molar-refractivity contribution in [3.05, 3.63) is 29.6 Å². The summed E-state index contributed by atoms with van der Waals surface area (Å²) in [5.74, 6) is 1.89. The van der Waals surface area contributed by atoms with E-state index in [1.165, 1.54) is 6.07 Å². The summed E-state index contributed by atoms with van der Waals surface area (Å²) in [4.78, 5) is 6.35. The van der Waals surface area contributed by atoms with Crippen molar-refractivity contribution in [3.8, 4) is 0 Å². The molecule has 0 N–H and O–H groups in total. The maximum atomic E-state index is 12.9. The number of alkyl halides is 3. The van der Waals surface area contributed by atoms with Gasteiger partial charge in [0.05, 0.1) is 11.0 Å². The van der Waals surface area contributed by atoms with E-state index in [0.29, 0.717) is 11.5 Å². The quantitative estimate of drug-likeness (QED) is 0.745. The van der Waals surface area contributed by atoms with Crippen LogP contribution >= 0.6 is 0 Å². The molecule has 1 spiro atoms. The summed E-state index contributed by atoms with van der Waals surface area (Å²) < 4.78 is 50.1. The summed E-state index contributed by atoms with van der Waals surface area (Å²) in [5.41, 5.74) is 0.374. The molecule has 0 unspecified atom stereocenters. The Morgan fingerprint density at radius 2 is 1.88 bits per heavy atom. The molecule has 1 aromatic rings. The Morgan fingerprint density at radius 3 is 2.52 bits per heavy atom. The topological polar surface area (TPSA) is 39.2 Å². The van der Waals surface area contributed by atoms with Crippen molar-refractivity contribution in [1.82, 2.24) is 9.88 Å². The lowest BCUT2D eigenvalue weighted by Crippen LogP contribution is -2.51. The van der Waals surface area contributed by atoms with Gasteiger partial charge in [0.2, 0.25) is 0 Å². The summed E-state index contributed by atoms with van der Waals surface area (Å²) in [6, 6.07) is 1.80. The van der Waals surface area contributed by atoms with Crippen LogP contribution in [0.2, 0.25) is 0 Å². The Labute approximate surface area is 149 Å². The maximum absolute atomic E-state index is 12.9. The minimum atomic E-state index is -4.33. The van der Waals surface area contributed by atoms with Crippen LogP contribution in [0.4, 0.5) is 13.2 Å². The lowest BCUT2D eigenvalue weighted by atomic mass is 9.81. The van der Waals surface area contributed by atoms with Crippen LogP contribution < -0.4 is 0 Å². The zero-order chi connectivity index (χ0) is 17.7. The van der Waals surface area contributed by atoms with Crippen molar-refractivity contribution in [2.45, 2.75) is 50.2 Å². The summed E-state index contributed by atoms with van der Waals surface area (Å²) in [6.45, 7) is 2.14. The van der Waals surface area contributed by atoms with Gasteiger partial charge >= 0.3 is 6.18 Å². The first-order valence-electron chi connectivity index (χ1n) is 8.96. The zero-order valence-electron chi connectivity index (χ0n) is 14.1. The van der Waals surface area contributed by atoms with Gasteiger partial charge in [0, 0.05) is 25.0 Å². The van der Waals surface area contributed by atoms with Crippen LogP contribution in [0.15, 0.2) is 18.5 Å². The molecule has 25 heavy (non-hydrogen) atoms. The molecule has 0 radical (unpaired) electrons. The van der Waals surface area contributed by atoms with Crippen molar-refractivity contribution < 1.29 is 17.7 Å². The Balaban J connectivity index is 1.35. The van der Waals surface area contributed by atoms with Crippen LogP contribution in [0.5, 0.6) is 0 Å². The van der Waals surface area contributed by atoms with Crippen molar-refractivity contribution in [3.63, 3.8) is 0 Å². The zero-order valence-corrected chi connectivity index (χ0v) is 14.9. The van der Waals surface area contributed by atoms with E-state index in [1.807, 2.05) is 0 Å². The number of nitrogens with zero attached hydrogens (tertiary/aromatic N) is 2. The molecule has 1 aliphatic carbocycles. The molecule has 2 saturated heterocycles. The van der Waals surface area contributed by atoms with Gasteiger partial charge in [-0.1, -0.05) is 11.2 Å². The molecular weight excluding hydrogens is 349 g/mol. The largest absolute Gasteiger partial charge is 0.616 e. The molecule has 3 nitrogen and oxygen atoms in total. The molecule has 0 amide bonds. The van der Waals surface area contributed by atoms with E-state index in [9.17, 15) is 17.7 Å². The molecule has 0 atom stereocenters. The highest BCUT2D eigenvalue weighted by Gasteiger charge is 2.53. The molecule has 3 heterocycles. The number of pyridine rings is 1. The first kappa shape index (κ1) is 17.6. The second-order valence-electron chi connectivity index (χ2n) is 7.96. The second kappa shape index (κ2) is 6.43. The number of likely N-dealkylation sites (tertiary alicyclic amines) is 1. The predicted molar refractivity (Wildman–Crippen MR) is 90.7 cm³/mol. The van der Waals surface area contributed by atoms with E-state index in [-0.39, 0.29) is 5.92 Å². The summed E-state index contributed by atoms with van der Waals surface area (Å²) in [7, 11) is 0. The van der Waals surface area contributed by atoms with Crippen LogP contribution in [0.1, 0.15) is 49.1 Å². The monoisotopic (exact) mass is 372 g/mol. The normalized spacial score (nSPS) is 36.6. The SMILES string of the molecule is [O-][S+]1CC2(CCN([C@H]3CC[C@@H](c4cncc(C(F)(F)F)c4)CC3)C2)C1. The first-order valence-corrected chi connectivity index (χ1v) is 10.4. The number of hydrogen-bond acceptors (Lipinski definition) is 3. The fourth-order valence-corrected chi connectivity index (χ4v) is 6.52. The molecular formula is C18H23F3N2OS. The third-order valence-corrected chi connectivity index (χ3v) is 8.04. The van der Waals surface area contributed by atoms with Crippen molar-refractivity contribution in [2.75, 3.05) is 24.6 Å². The summed E-state index contributed by atoms with van der Waals surface area (Å²) >= 11 is -0.607. The van der Waals surface area contributed by atoms with Crippen molar-refractivity contribution >= 4 is 11.2 Å². The van der Waals surface area contributed by atoms with Gasteiger partial charge in [-0.2, -0.15) is 13.2 Å². The molecule has 1 aromatic heterocycles. The van der Waals surface area contributed by atoms with E-state index < -0.39 is 22.9 Å². The molecule has 138 valence electrons. The van der Waals surface area contributed by atoms with Crippen LogP contribution in [-0.2, 0) is 17.4 Å². The van der Waals surface area contributed by atoms with Gasteiger partial charge in [-0.05, 0) is 56.2 Å². The van der Waals surface area contributed by atoms with E-state index in [1.54, 1.807) is 6.20 Å². The van der Waals surface area contributed by atoms with Crippen LogP contribution in [-0.4, -0.2) is 45.1 Å². The lowest BCUT2D eigenvalue weighted by Gasteiger charge is -2.40. The molecule has 7 heteroatoms. The molecule has 0 aromatic carbocycles. The average molecular weight is 372 g/mol. The number of hydrogen-bond donors (Lipinski definition) is 0. The molecule has 0 bridgehead atoms. The maximum Gasteiger partial charge on any atom is 0.417 e. The Morgan fingerprint density at radius 1 is 1.16 bits per heavy atom. The standard InChI is InChI=1S/C18H23F3N2OS/c19-18(20,21)15-7-14(8-22-9-15)13-1-3-16(4-2-13)23-6-5-17(10-23)11-25(24)12-17/h7-9,13,16H,1-6,10-12H2/t13-,16+,17?,25?. The number of halogens is 3. The Kier molecular flexibility index (Phi) is 4.53. The Hall–Kier alpha value is -0.790. The van der Waals surface area contributed by atoms with E-state index in [4.69, 9.17) is 0 Å². The summed E-state index contributed by atoms with van der Waals surface area (Å²) in [6.07, 6.45) is 3.21. The highest BCUT2D eigenvalue weighted by atomic mass is 32.2. The highest BCUT2D eigenvalue weighted by molar-refractivity contribution is 7.92. The third-order valence-electron chi connectivity index (χ3n) is 6.17. The van der Waals surface area contributed by atoms with Crippen LogP contribution in [0, 0.1) is 5.41 Å². The molecule has 3 fully saturated rings. The van der Waals surface area contributed by atoms with Gasteiger partial charge in [-0.15, -0.1) is 0 Å². The van der Waals surface area contributed by atoms with Gasteiger partial charge < -0.3 is 4.55 Å². The minimum absolute atomic E-state index is 0.179. The molecule has 2 aliphatic heterocycles. The highest BCUT2D eigenvalue weighted by Crippen LogP contribution is 2.44.